The van der Waals surface area contributed by atoms with Crippen molar-refractivity contribution in [2.24, 2.45) is 0 Å². The van der Waals surface area contributed by atoms with Gasteiger partial charge in [0.2, 0.25) is 5.91 Å². The fraction of sp³-hybridized carbons (Fsp3) is 0.222. The van der Waals surface area contributed by atoms with Gasteiger partial charge in [0, 0.05) is 10.7 Å². The Kier molecular flexibility index (Phi) is 4.03. The van der Waals surface area contributed by atoms with Gasteiger partial charge < -0.3 is 5.32 Å². The van der Waals surface area contributed by atoms with Crippen LogP contribution in [0, 0.1) is 5.82 Å². The van der Waals surface area contributed by atoms with Crippen LogP contribution in [0.2, 0.25) is 0 Å². The van der Waals surface area contributed by atoms with Crippen LogP contribution in [0.15, 0.2) is 22.7 Å². The maximum atomic E-state index is 13.2. The Morgan fingerprint density at radius 2 is 2.12 bits per heavy atom. The standard InChI is InChI=1S/C9H9BrFNO3S/c1-16(14,15)5-9(13)12-8-3-2-6(10)4-7(8)11/h2-4H,5H2,1H3,(H,12,13). The number of carbonyl (C=O) groups excluding carboxylic acids is 1. The van der Waals surface area contributed by atoms with Gasteiger partial charge in [-0.1, -0.05) is 15.9 Å². The molecule has 1 aromatic rings. The average Bonchev–Trinajstić information content (AvgIpc) is 2.06. The molecule has 0 heterocycles. The lowest BCUT2D eigenvalue weighted by Crippen LogP contribution is -2.22. The third kappa shape index (κ3) is 4.28. The highest BCUT2D eigenvalue weighted by atomic mass is 79.9. The molecule has 0 fully saturated rings. The van der Waals surface area contributed by atoms with Crippen LogP contribution in [0.25, 0.3) is 0 Å². The number of rotatable bonds is 3. The summed E-state index contributed by atoms with van der Waals surface area (Å²) in [5.41, 5.74) is -0.0446. The van der Waals surface area contributed by atoms with Gasteiger partial charge in [0.1, 0.15) is 11.6 Å². The molecule has 0 unspecified atom stereocenters. The molecule has 0 spiro atoms. The van der Waals surface area contributed by atoms with Crippen LogP contribution < -0.4 is 5.32 Å². The number of hydrogen-bond acceptors (Lipinski definition) is 3. The van der Waals surface area contributed by atoms with Crippen LogP contribution in [-0.2, 0) is 14.6 Å². The van der Waals surface area contributed by atoms with E-state index >= 15 is 0 Å². The number of hydrogen-bond donors (Lipinski definition) is 1. The van der Waals surface area contributed by atoms with Crippen molar-refractivity contribution in [1.82, 2.24) is 0 Å². The van der Waals surface area contributed by atoms with Crippen molar-refractivity contribution in [2.75, 3.05) is 17.3 Å². The molecule has 1 rings (SSSR count). The SMILES string of the molecule is CS(=O)(=O)CC(=O)Nc1ccc(Br)cc1F. The second-order valence-corrected chi connectivity index (χ2v) is 6.30. The molecule has 0 aliphatic heterocycles. The third-order valence-electron chi connectivity index (χ3n) is 1.60. The van der Waals surface area contributed by atoms with Crippen molar-refractivity contribution >= 4 is 37.4 Å². The summed E-state index contributed by atoms with van der Waals surface area (Å²) in [6, 6.07) is 4.06. The summed E-state index contributed by atoms with van der Waals surface area (Å²) in [6.45, 7) is 0. The molecule has 0 aliphatic rings. The number of anilines is 1. The smallest absolute Gasteiger partial charge is 0.239 e. The van der Waals surface area contributed by atoms with Gasteiger partial charge in [-0.3, -0.25) is 4.79 Å². The molecule has 0 atom stereocenters. The Morgan fingerprint density at radius 3 is 2.62 bits per heavy atom. The maximum Gasteiger partial charge on any atom is 0.239 e. The van der Waals surface area contributed by atoms with E-state index in [2.05, 4.69) is 21.2 Å². The minimum absolute atomic E-state index is 0.0446. The van der Waals surface area contributed by atoms with E-state index in [0.29, 0.717) is 4.47 Å². The predicted molar refractivity (Wildman–Crippen MR) is 62.4 cm³/mol. The van der Waals surface area contributed by atoms with Gasteiger partial charge >= 0.3 is 0 Å². The van der Waals surface area contributed by atoms with E-state index in [-0.39, 0.29) is 5.69 Å². The molecule has 88 valence electrons. The van der Waals surface area contributed by atoms with Gasteiger partial charge in [-0.25, -0.2) is 12.8 Å². The minimum atomic E-state index is -3.41. The molecule has 0 bridgehead atoms. The first-order valence-corrected chi connectivity index (χ1v) is 7.06. The van der Waals surface area contributed by atoms with Crippen LogP contribution in [0.1, 0.15) is 0 Å². The van der Waals surface area contributed by atoms with E-state index in [0.717, 1.165) is 6.26 Å². The van der Waals surface area contributed by atoms with E-state index in [1.54, 1.807) is 6.07 Å². The summed E-state index contributed by atoms with van der Waals surface area (Å²) in [5, 5.41) is 2.18. The molecule has 4 nitrogen and oxygen atoms in total. The van der Waals surface area contributed by atoms with Gasteiger partial charge in [0.15, 0.2) is 9.84 Å². The summed E-state index contributed by atoms with van der Waals surface area (Å²) >= 11 is 3.06. The summed E-state index contributed by atoms with van der Waals surface area (Å²) in [4.78, 5) is 11.2. The lowest BCUT2D eigenvalue weighted by atomic mass is 10.3. The van der Waals surface area contributed by atoms with E-state index in [1.807, 2.05) is 0 Å². The van der Waals surface area contributed by atoms with Crippen LogP contribution in [0.3, 0.4) is 0 Å². The molecular weight excluding hydrogens is 301 g/mol. The summed E-state index contributed by atoms with van der Waals surface area (Å²) < 4.78 is 35.4. The van der Waals surface area contributed by atoms with Crippen LogP contribution >= 0.6 is 15.9 Å². The maximum absolute atomic E-state index is 13.2. The van der Waals surface area contributed by atoms with Gasteiger partial charge in [0.05, 0.1) is 5.69 Å². The Morgan fingerprint density at radius 1 is 1.50 bits per heavy atom. The fourth-order valence-electron chi connectivity index (χ4n) is 1.02. The Bertz CT molecular complexity index is 515. The number of carbonyl (C=O) groups is 1. The monoisotopic (exact) mass is 309 g/mol. The van der Waals surface area contributed by atoms with Crippen molar-refractivity contribution in [3.8, 4) is 0 Å². The third-order valence-corrected chi connectivity index (χ3v) is 2.88. The molecule has 0 aliphatic carbocycles. The lowest BCUT2D eigenvalue weighted by Gasteiger charge is -2.05. The van der Waals surface area contributed by atoms with Crippen molar-refractivity contribution in [1.29, 1.82) is 0 Å². The number of sulfone groups is 1. The first-order chi connectivity index (χ1) is 7.28. The van der Waals surface area contributed by atoms with Crippen LogP contribution in [0.4, 0.5) is 10.1 Å². The van der Waals surface area contributed by atoms with E-state index in [1.165, 1.54) is 12.1 Å². The van der Waals surface area contributed by atoms with Gasteiger partial charge in [-0.15, -0.1) is 0 Å². The van der Waals surface area contributed by atoms with Crippen LogP contribution in [0.5, 0.6) is 0 Å². The number of benzene rings is 1. The van der Waals surface area contributed by atoms with Gasteiger partial charge in [-0.2, -0.15) is 0 Å². The molecule has 1 N–H and O–H groups in total. The van der Waals surface area contributed by atoms with Crippen molar-refractivity contribution in [3.63, 3.8) is 0 Å². The van der Waals surface area contributed by atoms with Crippen LogP contribution in [-0.4, -0.2) is 26.3 Å². The molecule has 1 amide bonds. The van der Waals surface area contributed by atoms with Crippen molar-refractivity contribution in [2.45, 2.75) is 0 Å². The summed E-state index contributed by atoms with van der Waals surface area (Å²) in [5.74, 6) is -2.05. The normalized spacial score (nSPS) is 11.2. The first kappa shape index (κ1) is 13.1. The van der Waals surface area contributed by atoms with Gasteiger partial charge in [-0.05, 0) is 18.2 Å². The van der Waals surface area contributed by atoms with E-state index in [9.17, 15) is 17.6 Å². The average molecular weight is 310 g/mol. The van der Waals surface area contributed by atoms with Crippen molar-refractivity contribution in [3.05, 3.63) is 28.5 Å². The van der Waals surface area contributed by atoms with E-state index in [4.69, 9.17) is 0 Å². The van der Waals surface area contributed by atoms with Gasteiger partial charge in [0.25, 0.3) is 0 Å². The molecule has 0 saturated carbocycles. The molecule has 16 heavy (non-hydrogen) atoms. The quantitative estimate of drug-likeness (QED) is 0.922. The summed E-state index contributed by atoms with van der Waals surface area (Å²) in [7, 11) is -3.41. The summed E-state index contributed by atoms with van der Waals surface area (Å²) in [6.07, 6.45) is 0.935. The number of amides is 1. The first-order valence-electron chi connectivity index (χ1n) is 4.20. The zero-order chi connectivity index (χ0) is 12.3. The zero-order valence-electron chi connectivity index (χ0n) is 8.33. The number of nitrogens with one attached hydrogen (secondary N) is 1. The number of halogens is 2. The van der Waals surface area contributed by atoms with E-state index < -0.39 is 27.3 Å². The Hall–Kier alpha value is -0.950. The minimum Gasteiger partial charge on any atom is -0.323 e. The molecule has 0 aromatic heterocycles. The molecule has 0 radical (unpaired) electrons. The molecule has 0 saturated heterocycles. The second kappa shape index (κ2) is 4.92. The largest absolute Gasteiger partial charge is 0.323 e. The zero-order valence-corrected chi connectivity index (χ0v) is 10.7. The molecular formula is C9H9BrFNO3S. The predicted octanol–water partition coefficient (Wildman–Crippen LogP) is 1.57. The molecule has 1 aromatic carbocycles. The highest BCUT2D eigenvalue weighted by molar-refractivity contribution is 9.10. The van der Waals surface area contributed by atoms with Crippen molar-refractivity contribution < 1.29 is 17.6 Å². The topological polar surface area (TPSA) is 63.2 Å². The highest BCUT2D eigenvalue weighted by Crippen LogP contribution is 2.19. The molecule has 7 heteroatoms. The second-order valence-electron chi connectivity index (χ2n) is 3.24. The Balaban J connectivity index is 2.78. The fourth-order valence-corrected chi connectivity index (χ4v) is 1.90. The Labute approximate surface area is 101 Å². The lowest BCUT2D eigenvalue weighted by molar-refractivity contribution is -0.113. The highest BCUT2D eigenvalue weighted by Gasteiger charge is 2.12.